The zero-order valence-electron chi connectivity index (χ0n) is 18.8. The van der Waals surface area contributed by atoms with Crippen molar-refractivity contribution in [3.63, 3.8) is 0 Å². The van der Waals surface area contributed by atoms with Gasteiger partial charge < -0.3 is 5.32 Å². The van der Waals surface area contributed by atoms with Crippen LogP contribution in [0.3, 0.4) is 0 Å². The smallest absolute Gasteiger partial charge is 0.233 e. The first-order valence-electron chi connectivity index (χ1n) is 12.2. The molecule has 164 valence electrons. The van der Waals surface area contributed by atoms with E-state index in [4.69, 9.17) is 0 Å². The SMILES string of the molecule is CNC(=O)C(CCC1CCC2C3CCC4CCCCC4(C)C3CCC12C)SC=O. The van der Waals surface area contributed by atoms with Gasteiger partial charge in [0, 0.05) is 7.05 Å². The van der Waals surface area contributed by atoms with Crippen molar-refractivity contribution in [3.05, 3.63) is 0 Å². The van der Waals surface area contributed by atoms with E-state index in [9.17, 15) is 9.59 Å². The van der Waals surface area contributed by atoms with Crippen molar-refractivity contribution in [2.75, 3.05) is 7.05 Å². The Morgan fingerprint density at radius 1 is 1.03 bits per heavy atom. The lowest BCUT2D eigenvalue weighted by Gasteiger charge is -2.60. The predicted molar refractivity (Wildman–Crippen MR) is 121 cm³/mol. The molecule has 4 saturated carbocycles. The Hall–Kier alpha value is -0.510. The molecule has 29 heavy (non-hydrogen) atoms. The molecule has 4 rings (SSSR count). The van der Waals surface area contributed by atoms with Crippen LogP contribution in [0, 0.1) is 40.4 Å². The van der Waals surface area contributed by atoms with Crippen LogP contribution in [0.15, 0.2) is 0 Å². The van der Waals surface area contributed by atoms with Gasteiger partial charge in [-0.1, -0.05) is 38.5 Å². The van der Waals surface area contributed by atoms with Gasteiger partial charge in [-0.3, -0.25) is 9.59 Å². The molecule has 4 aliphatic carbocycles. The van der Waals surface area contributed by atoms with Crippen LogP contribution >= 0.6 is 11.8 Å². The van der Waals surface area contributed by atoms with Crippen molar-refractivity contribution in [3.8, 4) is 0 Å². The second kappa shape index (κ2) is 8.55. The monoisotopic (exact) mass is 419 g/mol. The summed E-state index contributed by atoms with van der Waals surface area (Å²) < 4.78 is 0. The topological polar surface area (TPSA) is 46.2 Å². The second-order valence-electron chi connectivity index (χ2n) is 11.1. The summed E-state index contributed by atoms with van der Waals surface area (Å²) in [5.41, 5.74) is 1.91. The Morgan fingerprint density at radius 2 is 1.83 bits per heavy atom. The minimum absolute atomic E-state index is 0.00838. The van der Waals surface area contributed by atoms with Crippen LogP contribution in [0.25, 0.3) is 0 Å². The van der Waals surface area contributed by atoms with Gasteiger partial charge in [0.15, 0.2) is 5.62 Å². The van der Waals surface area contributed by atoms with E-state index in [1.54, 1.807) is 7.05 Å². The fourth-order valence-electron chi connectivity index (χ4n) is 8.72. The van der Waals surface area contributed by atoms with Crippen LogP contribution in [0.1, 0.15) is 90.9 Å². The Bertz CT molecular complexity index is 624. The van der Waals surface area contributed by atoms with E-state index in [-0.39, 0.29) is 11.2 Å². The van der Waals surface area contributed by atoms with Gasteiger partial charge in [0.25, 0.3) is 0 Å². The minimum Gasteiger partial charge on any atom is -0.358 e. The van der Waals surface area contributed by atoms with Gasteiger partial charge in [-0.2, -0.15) is 0 Å². The molecule has 1 N–H and O–H groups in total. The number of rotatable bonds is 6. The molecule has 0 aromatic heterocycles. The zero-order valence-corrected chi connectivity index (χ0v) is 19.6. The lowest BCUT2D eigenvalue weighted by Crippen LogP contribution is -2.52. The highest BCUT2D eigenvalue weighted by Gasteiger charge is 2.59. The quantitative estimate of drug-likeness (QED) is 0.549. The first kappa shape index (κ1) is 21.7. The van der Waals surface area contributed by atoms with E-state index in [2.05, 4.69) is 19.2 Å². The Balaban J connectivity index is 1.45. The van der Waals surface area contributed by atoms with Crippen LogP contribution in [-0.2, 0) is 9.59 Å². The van der Waals surface area contributed by atoms with E-state index in [0.29, 0.717) is 10.8 Å². The number of nitrogens with one attached hydrogen (secondary N) is 1. The number of thioether (sulfide) groups is 1. The van der Waals surface area contributed by atoms with E-state index in [1.165, 1.54) is 64.2 Å². The minimum atomic E-state index is -0.215. The largest absolute Gasteiger partial charge is 0.358 e. The summed E-state index contributed by atoms with van der Waals surface area (Å²) in [6, 6.07) is 0. The highest BCUT2D eigenvalue weighted by Crippen LogP contribution is 2.67. The van der Waals surface area contributed by atoms with Crippen LogP contribution in [0.5, 0.6) is 0 Å². The molecule has 0 heterocycles. The van der Waals surface area contributed by atoms with Crippen molar-refractivity contribution in [1.82, 2.24) is 5.32 Å². The Labute approximate surface area is 181 Å². The van der Waals surface area contributed by atoms with Crippen molar-refractivity contribution in [1.29, 1.82) is 0 Å². The highest BCUT2D eigenvalue weighted by atomic mass is 32.2. The number of carbonyl (C=O) groups excluding carboxylic acids is 2. The number of fused-ring (bicyclic) bond motifs is 5. The summed E-state index contributed by atoms with van der Waals surface area (Å²) in [6.07, 6.45) is 16.3. The lowest BCUT2D eigenvalue weighted by atomic mass is 9.45. The summed E-state index contributed by atoms with van der Waals surface area (Å²) in [4.78, 5) is 23.1. The van der Waals surface area contributed by atoms with Crippen LogP contribution in [-0.4, -0.2) is 23.8 Å². The molecule has 1 amide bonds. The molecule has 4 fully saturated rings. The van der Waals surface area contributed by atoms with Crippen LogP contribution in [0.4, 0.5) is 0 Å². The van der Waals surface area contributed by atoms with E-state index in [1.807, 2.05) is 0 Å². The molecule has 4 aliphatic rings. The predicted octanol–water partition coefficient (Wildman–Crippen LogP) is 5.85. The average Bonchev–Trinajstić information content (AvgIpc) is 3.06. The fraction of sp³-hybridized carbons (Fsp3) is 0.920. The molecular formula is C25H41NO2S. The molecule has 0 radical (unpaired) electrons. The number of hydrogen-bond donors (Lipinski definition) is 1. The number of amides is 1. The standard InChI is InChI=1S/C25H41NO2S/c1-24-14-5-4-6-17(24)7-10-19-20-11-8-18(25(20,2)15-13-21(19)24)9-12-22(29-16-27)23(28)26-3/h16-22H,4-15H2,1-3H3,(H,26,28). The normalized spacial score (nSPS) is 44.9. The van der Waals surface area contributed by atoms with E-state index >= 15 is 0 Å². The molecule has 8 unspecified atom stereocenters. The van der Waals surface area contributed by atoms with Gasteiger partial charge in [-0.15, -0.1) is 0 Å². The maximum absolute atomic E-state index is 12.1. The van der Waals surface area contributed by atoms with Gasteiger partial charge in [0.1, 0.15) is 0 Å². The van der Waals surface area contributed by atoms with E-state index in [0.717, 1.165) is 59.8 Å². The third kappa shape index (κ3) is 3.70. The van der Waals surface area contributed by atoms with Gasteiger partial charge in [0.05, 0.1) is 5.25 Å². The molecule has 0 aromatic carbocycles. The molecule has 0 saturated heterocycles. The number of carbonyl (C=O) groups is 2. The van der Waals surface area contributed by atoms with Gasteiger partial charge >= 0.3 is 0 Å². The second-order valence-corrected chi connectivity index (χ2v) is 12.2. The van der Waals surface area contributed by atoms with Crippen LogP contribution < -0.4 is 5.32 Å². The van der Waals surface area contributed by atoms with Crippen LogP contribution in [0.2, 0.25) is 0 Å². The maximum Gasteiger partial charge on any atom is 0.233 e. The average molecular weight is 420 g/mol. The molecule has 3 nitrogen and oxygen atoms in total. The van der Waals surface area contributed by atoms with Crippen molar-refractivity contribution < 1.29 is 9.59 Å². The molecular weight excluding hydrogens is 378 g/mol. The third-order valence-corrected chi connectivity index (χ3v) is 11.2. The summed E-state index contributed by atoms with van der Waals surface area (Å²) in [5, 5.41) is 2.53. The molecule has 4 heteroatoms. The number of hydrogen-bond acceptors (Lipinski definition) is 3. The Kier molecular flexibility index (Phi) is 6.40. The highest BCUT2D eigenvalue weighted by molar-refractivity contribution is 8.13. The summed E-state index contributed by atoms with van der Waals surface area (Å²) >= 11 is 1.16. The molecule has 0 spiro atoms. The molecule has 0 bridgehead atoms. The fourth-order valence-corrected chi connectivity index (χ4v) is 9.37. The lowest BCUT2D eigenvalue weighted by molar-refractivity contribution is -0.120. The van der Waals surface area contributed by atoms with Gasteiger partial charge in [-0.05, 0) is 105 Å². The van der Waals surface area contributed by atoms with Crippen molar-refractivity contribution in [2.24, 2.45) is 40.4 Å². The summed E-state index contributed by atoms with van der Waals surface area (Å²) in [5.74, 6) is 4.52. The van der Waals surface area contributed by atoms with Crippen molar-refractivity contribution in [2.45, 2.75) is 96.1 Å². The first-order valence-corrected chi connectivity index (χ1v) is 13.2. The van der Waals surface area contributed by atoms with E-state index < -0.39 is 0 Å². The summed E-state index contributed by atoms with van der Waals surface area (Å²) in [7, 11) is 1.68. The third-order valence-electron chi connectivity index (χ3n) is 10.3. The van der Waals surface area contributed by atoms with Gasteiger partial charge in [-0.25, -0.2) is 0 Å². The zero-order chi connectivity index (χ0) is 20.6. The first-order chi connectivity index (χ1) is 13.9. The maximum atomic E-state index is 12.1. The molecule has 0 aromatic rings. The molecule has 8 atom stereocenters. The Morgan fingerprint density at radius 3 is 2.59 bits per heavy atom. The molecule has 0 aliphatic heterocycles. The van der Waals surface area contributed by atoms with Gasteiger partial charge in [0.2, 0.25) is 5.91 Å². The van der Waals surface area contributed by atoms with Crippen molar-refractivity contribution >= 4 is 23.3 Å². The summed E-state index contributed by atoms with van der Waals surface area (Å²) in [6.45, 7) is 5.25.